The van der Waals surface area contributed by atoms with E-state index in [1.165, 1.54) is 4.90 Å². The molecule has 2 rings (SSSR count). The zero-order valence-corrected chi connectivity index (χ0v) is 14.5. The highest BCUT2D eigenvalue weighted by Gasteiger charge is 2.35. The summed E-state index contributed by atoms with van der Waals surface area (Å²) in [4.78, 5) is 26.1. The molecular weight excluding hydrogens is 310 g/mol. The van der Waals surface area contributed by atoms with Crippen LogP contribution in [0.15, 0.2) is 42.5 Å². The fourth-order valence-electron chi connectivity index (χ4n) is 2.65. The molecule has 0 unspecified atom stereocenters. The number of halogens is 1. The third kappa shape index (κ3) is 3.45. The zero-order valence-electron chi connectivity index (χ0n) is 13.8. The first-order valence-corrected chi connectivity index (χ1v) is 7.74. The SMILES string of the molecule is Cc1cc(C)cc(C(=O)N(C)[C@@](C)(C=O)c2cccc(Cl)c2)c1. The molecule has 0 saturated carbocycles. The lowest BCUT2D eigenvalue weighted by molar-refractivity contribution is -0.116. The van der Waals surface area contributed by atoms with Crippen LogP contribution in [-0.2, 0) is 10.3 Å². The Labute approximate surface area is 141 Å². The minimum atomic E-state index is -1.08. The number of carbonyl (C=O) groups is 2. The number of rotatable bonds is 4. The van der Waals surface area contributed by atoms with E-state index in [4.69, 9.17) is 11.6 Å². The van der Waals surface area contributed by atoms with Gasteiger partial charge in [0.2, 0.25) is 0 Å². The Hall–Kier alpha value is -2.13. The van der Waals surface area contributed by atoms with Gasteiger partial charge in [-0.3, -0.25) is 4.79 Å². The van der Waals surface area contributed by atoms with Crippen molar-refractivity contribution in [2.75, 3.05) is 7.05 Å². The number of aryl methyl sites for hydroxylation is 2. The van der Waals surface area contributed by atoms with E-state index in [9.17, 15) is 9.59 Å². The Morgan fingerprint density at radius 3 is 2.26 bits per heavy atom. The maximum Gasteiger partial charge on any atom is 0.254 e. The van der Waals surface area contributed by atoms with Crippen molar-refractivity contribution in [1.29, 1.82) is 0 Å². The molecule has 0 radical (unpaired) electrons. The predicted molar refractivity (Wildman–Crippen MR) is 92.9 cm³/mol. The lowest BCUT2D eigenvalue weighted by Gasteiger charge is -2.35. The second-order valence-electron chi connectivity index (χ2n) is 6.02. The quantitative estimate of drug-likeness (QED) is 0.790. The standard InChI is InChI=1S/C19H20ClNO2/c1-13-8-14(2)10-15(9-13)18(23)21(4)19(3,12-22)16-6-5-7-17(20)11-16/h5-12H,1-4H3/t19-/m0/s1. The van der Waals surface area contributed by atoms with Crippen molar-refractivity contribution in [2.24, 2.45) is 0 Å². The first-order valence-electron chi connectivity index (χ1n) is 7.37. The van der Waals surface area contributed by atoms with E-state index in [1.807, 2.05) is 32.0 Å². The molecule has 23 heavy (non-hydrogen) atoms. The van der Waals surface area contributed by atoms with Crippen LogP contribution < -0.4 is 0 Å². The number of amides is 1. The minimum absolute atomic E-state index is 0.202. The number of hydrogen-bond donors (Lipinski definition) is 0. The number of carbonyl (C=O) groups excluding carboxylic acids is 2. The van der Waals surface area contributed by atoms with Gasteiger partial charge in [0, 0.05) is 17.6 Å². The lowest BCUT2D eigenvalue weighted by Crippen LogP contribution is -2.46. The monoisotopic (exact) mass is 329 g/mol. The molecule has 4 heteroatoms. The number of likely N-dealkylation sites (N-methyl/N-ethyl adjacent to an activating group) is 1. The summed E-state index contributed by atoms with van der Waals surface area (Å²) in [5, 5.41) is 0.530. The molecule has 0 aliphatic carbocycles. The molecule has 120 valence electrons. The van der Waals surface area contributed by atoms with Gasteiger partial charge in [-0.1, -0.05) is 40.9 Å². The fraction of sp³-hybridized carbons (Fsp3) is 0.263. The molecule has 0 aromatic heterocycles. The van der Waals surface area contributed by atoms with Gasteiger partial charge in [-0.05, 0) is 50.6 Å². The molecule has 0 fully saturated rings. The Balaban J connectivity index is 2.44. The molecule has 1 atom stereocenters. The second-order valence-corrected chi connectivity index (χ2v) is 6.45. The predicted octanol–water partition coefficient (Wildman–Crippen LogP) is 4.14. The molecular formula is C19H20ClNO2. The zero-order chi connectivity index (χ0) is 17.2. The first-order chi connectivity index (χ1) is 10.8. The van der Waals surface area contributed by atoms with E-state index in [2.05, 4.69) is 0 Å². The largest absolute Gasteiger partial charge is 0.325 e. The van der Waals surface area contributed by atoms with E-state index >= 15 is 0 Å². The summed E-state index contributed by atoms with van der Waals surface area (Å²) in [5.41, 5.74) is 2.19. The molecule has 0 bridgehead atoms. The minimum Gasteiger partial charge on any atom is -0.325 e. The van der Waals surface area contributed by atoms with E-state index < -0.39 is 5.54 Å². The third-order valence-corrected chi connectivity index (χ3v) is 4.34. The molecule has 0 aliphatic heterocycles. The molecule has 3 nitrogen and oxygen atoms in total. The Morgan fingerprint density at radius 1 is 1.13 bits per heavy atom. The van der Waals surface area contributed by atoms with E-state index in [0.717, 1.165) is 17.4 Å². The van der Waals surface area contributed by atoms with Gasteiger partial charge < -0.3 is 9.69 Å². The summed E-state index contributed by atoms with van der Waals surface area (Å²) in [6.07, 6.45) is 0.777. The van der Waals surface area contributed by atoms with Crippen molar-refractivity contribution in [3.8, 4) is 0 Å². The van der Waals surface area contributed by atoms with Crippen LogP contribution in [0.25, 0.3) is 0 Å². The van der Waals surface area contributed by atoms with E-state index in [1.54, 1.807) is 38.2 Å². The van der Waals surface area contributed by atoms with Gasteiger partial charge in [-0.15, -0.1) is 0 Å². The summed E-state index contributed by atoms with van der Waals surface area (Å²) < 4.78 is 0. The molecule has 0 aliphatic rings. The molecule has 0 N–H and O–H groups in total. The molecule has 0 spiro atoms. The highest BCUT2D eigenvalue weighted by Crippen LogP contribution is 2.28. The van der Waals surface area contributed by atoms with Crippen LogP contribution in [-0.4, -0.2) is 24.1 Å². The molecule has 0 heterocycles. The lowest BCUT2D eigenvalue weighted by atomic mass is 9.91. The molecule has 0 saturated heterocycles. The van der Waals surface area contributed by atoms with Crippen molar-refractivity contribution >= 4 is 23.8 Å². The van der Waals surface area contributed by atoms with Crippen LogP contribution in [0.1, 0.15) is 34.0 Å². The van der Waals surface area contributed by atoms with Gasteiger partial charge in [0.25, 0.3) is 5.91 Å². The van der Waals surface area contributed by atoms with E-state index in [-0.39, 0.29) is 5.91 Å². The number of aldehydes is 1. The van der Waals surface area contributed by atoms with Crippen LogP contribution >= 0.6 is 11.6 Å². The second kappa shape index (κ2) is 6.55. The van der Waals surface area contributed by atoms with Crippen LogP contribution in [0.5, 0.6) is 0 Å². The Morgan fingerprint density at radius 2 is 1.74 bits per heavy atom. The van der Waals surface area contributed by atoms with E-state index in [0.29, 0.717) is 16.1 Å². The van der Waals surface area contributed by atoms with Crippen LogP contribution in [0.4, 0.5) is 0 Å². The summed E-state index contributed by atoms with van der Waals surface area (Å²) in [7, 11) is 1.63. The van der Waals surface area contributed by atoms with Crippen LogP contribution in [0.3, 0.4) is 0 Å². The van der Waals surface area contributed by atoms with Crippen molar-refractivity contribution in [2.45, 2.75) is 26.3 Å². The normalized spacial score (nSPS) is 13.3. The van der Waals surface area contributed by atoms with Gasteiger partial charge in [-0.2, -0.15) is 0 Å². The topological polar surface area (TPSA) is 37.4 Å². The first kappa shape index (κ1) is 17.2. The Kier molecular flexibility index (Phi) is 4.90. The van der Waals surface area contributed by atoms with Crippen molar-refractivity contribution < 1.29 is 9.59 Å². The van der Waals surface area contributed by atoms with Gasteiger partial charge in [-0.25, -0.2) is 0 Å². The maximum atomic E-state index is 12.8. The summed E-state index contributed by atoms with van der Waals surface area (Å²) in [6.45, 7) is 5.60. The van der Waals surface area contributed by atoms with Crippen molar-refractivity contribution in [1.82, 2.24) is 4.90 Å². The number of nitrogens with zero attached hydrogens (tertiary/aromatic N) is 1. The molecule has 1 amide bonds. The maximum absolute atomic E-state index is 12.8. The van der Waals surface area contributed by atoms with Gasteiger partial charge in [0.15, 0.2) is 0 Å². The summed E-state index contributed by atoms with van der Waals surface area (Å²) >= 11 is 6.03. The van der Waals surface area contributed by atoms with Crippen LogP contribution in [0, 0.1) is 13.8 Å². The average Bonchev–Trinajstić information content (AvgIpc) is 2.51. The van der Waals surface area contributed by atoms with Gasteiger partial charge in [0.05, 0.1) is 0 Å². The summed E-state index contributed by atoms with van der Waals surface area (Å²) in [6, 6.07) is 12.7. The highest BCUT2D eigenvalue weighted by atomic mass is 35.5. The van der Waals surface area contributed by atoms with Crippen LogP contribution in [0.2, 0.25) is 5.02 Å². The van der Waals surface area contributed by atoms with Gasteiger partial charge >= 0.3 is 0 Å². The van der Waals surface area contributed by atoms with Crippen molar-refractivity contribution in [3.63, 3.8) is 0 Å². The third-order valence-electron chi connectivity index (χ3n) is 4.11. The summed E-state index contributed by atoms with van der Waals surface area (Å²) in [5.74, 6) is -0.202. The fourth-order valence-corrected chi connectivity index (χ4v) is 2.84. The molecule has 2 aromatic carbocycles. The van der Waals surface area contributed by atoms with Gasteiger partial charge in [0.1, 0.15) is 11.8 Å². The number of hydrogen-bond acceptors (Lipinski definition) is 2. The highest BCUT2D eigenvalue weighted by molar-refractivity contribution is 6.30. The smallest absolute Gasteiger partial charge is 0.254 e. The Bertz CT molecular complexity index is 737. The number of benzene rings is 2. The molecule has 2 aromatic rings. The average molecular weight is 330 g/mol. The van der Waals surface area contributed by atoms with Crippen molar-refractivity contribution in [3.05, 3.63) is 69.7 Å².